The Hall–Kier alpha value is -4.18. The molecule has 4 aliphatic heterocycles. The van der Waals surface area contributed by atoms with E-state index >= 15 is 4.39 Å². The van der Waals surface area contributed by atoms with Gasteiger partial charge in [-0.15, -0.1) is 0 Å². The summed E-state index contributed by atoms with van der Waals surface area (Å²) in [4.78, 5) is 35.5. The number of nitrogens with two attached hydrogens (primary N) is 1. The average molecular weight is 688 g/mol. The SMILES string of the molecule is Cc1cc(N)nc(-c2ncc3c(N(C)[C@@H]4CCN(C(=O)/C=C/[C@H]5CCN5)C4)nc(OC[C@@]45CCCN4C[C@H](F)C5)nc3c2F)c1C(F)(F)F. The van der Waals surface area contributed by atoms with E-state index in [-0.39, 0.29) is 65.1 Å². The number of likely N-dealkylation sites (tertiary alicyclic amines) is 1. The first-order chi connectivity index (χ1) is 23.3. The van der Waals surface area contributed by atoms with Gasteiger partial charge < -0.3 is 25.6 Å². The summed E-state index contributed by atoms with van der Waals surface area (Å²) < 4.78 is 79.8. The van der Waals surface area contributed by atoms with Crippen molar-refractivity contribution in [3.05, 3.63) is 41.4 Å². The summed E-state index contributed by atoms with van der Waals surface area (Å²) in [6.07, 6.45) is 2.23. The molecular formula is C33H38F5N9O2. The number of fused-ring (bicyclic) bond motifs is 2. The van der Waals surface area contributed by atoms with Crippen molar-refractivity contribution in [2.75, 3.05) is 57.0 Å². The molecule has 3 aromatic rings. The summed E-state index contributed by atoms with van der Waals surface area (Å²) in [7, 11) is 1.75. The molecule has 11 nitrogen and oxygen atoms in total. The number of nitrogens with one attached hydrogen (secondary N) is 1. The Bertz CT molecular complexity index is 1800. The molecule has 7 heterocycles. The molecule has 3 aromatic heterocycles. The third kappa shape index (κ3) is 6.24. The zero-order chi connectivity index (χ0) is 34.7. The van der Waals surface area contributed by atoms with Crippen LogP contribution in [0.25, 0.3) is 22.3 Å². The Balaban J connectivity index is 1.26. The molecule has 4 aliphatic rings. The molecular weight excluding hydrogens is 649 g/mol. The quantitative estimate of drug-likeness (QED) is 0.265. The van der Waals surface area contributed by atoms with Gasteiger partial charge in [-0.1, -0.05) is 6.08 Å². The molecule has 16 heteroatoms. The zero-order valence-electron chi connectivity index (χ0n) is 27.2. The highest BCUT2D eigenvalue weighted by molar-refractivity contribution is 5.92. The molecule has 0 bridgehead atoms. The lowest BCUT2D eigenvalue weighted by atomic mass is 9.95. The molecule has 3 N–H and O–H groups in total. The van der Waals surface area contributed by atoms with Crippen LogP contribution in [0.2, 0.25) is 0 Å². The van der Waals surface area contributed by atoms with Gasteiger partial charge in [0.2, 0.25) is 5.91 Å². The maximum atomic E-state index is 16.5. The van der Waals surface area contributed by atoms with E-state index < -0.39 is 40.7 Å². The second kappa shape index (κ2) is 12.6. The number of alkyl halides is 4. The first-order valence-corrected chi connectivity index (χ1v) is 16.5. The number of carbonyl (C=O) groups is 1. The van der Waals surface area contributed by atoms with Crippen LogP contribution in [-0.2, 0) is 11.0 Å². The van der Waals surface area contributed by atoms with Crippen molar-refractivity contribution in [2.24, 2.45) is 0 Å². The van der Waals surface area contributed by atoms with Crippen LogP contribution in [0.1, 0.15) is 43.2 Å². The Kier molecular flexibility index (Phi) is 8.58. The second-order valence-corrected chi connectivity index (χ2v) is 13.5. The van der Waals surface area contributed by atoms with E-state index in [2.05, 4.69) is 30.2 Å². The van der Waals surface area contributed by atoms with E-state index in [0.717, 1.165) is 32.0 Å². The number of nitrogen functional groups attached to an aromatic ring is 1. The maximum Gasteiger partial charge on any atom is 0.418 e. The van der Waals surface area contributed by atoms with Crippen LogP contribution in [0.15, 0.2) is 24.4 Å². The van der Waals surface area contributed by atoms with Crippen molar-refractivity contribution in [2.45, 2.75) is 69.0 Å². The Morgan fingerprint density at radius 3 is 2.73 bits per heavy atom. The standard InChI is InChI=1S/C33H38F5N9O2/c1-18-12-23(39)42-28(25(18)33(36,37)38)29-26(35)27-22(14-41-29)30(44-31(43-27)49-17-32-8-3-10-47(32)15-19(34)13-32)45(2)21-7-11-46(16-21)24(48)5-4-20-6-9-40-20/h4-5,12,14,19-21,40H,3,6-11,13,15-17H2,1-2H3,(H2,39,42)/b5-4+/t19-,20+,21-,32+/m1/s1. The highest BCUT2D eigenvalue weighted by Crippen LogP contribution is 2.42. The number of carbonyl (C=O) groups excluding carboxylic acids is 1. The molecule has 4 fully saturated rings. The van der Waals surface area contributed by atoms with Gasteiger partial charge in [0.1, 0.15) is 41.3 Å². The molecule has 262 valence electrons. The Morgan fingerprint density at radius 2 is 2.00 bits per heavy atom. The van der Waals surface area contributed by atoms with Crippen molar-refractivity contribution in [1.29, 1.82) is 0 Å². The van der Waals surface area contributed by atoms with Crippen LogP contribution in [0, 0.1) is 12.7 Å². The Morgan fingerprint density at radius 1 is 1.20 bits per heavy atom. The zero-order valence-corrected chi connectivity index (χ0v) is 27.2. The summed E-state index contributed by atoms with van der Waals surface area (Å²) in [6.45, 7) is 4.09. The summed E-state index contributed by atoms with van der Waals surface area (Å²) in [5, 5.41) is 3.36. The lowest BCUT2D eigenvalue weighted by molar-refractivity contribution is -0.137. The number of hydrogen-bond donors (Lipinski definition) is 2. The van der Waals surface area contributed by atoms with Gasteiger partial charge in [0.25, 0.3) is 0 Å². The van der Waals surface area contributed by atoms with Crippen LogP contribution in [0.3, 0.4) is 0 Å². The molecule has 0 saturated carbocycles. The van der Waals surface area contributed by atoms with Crippen LogP contribution in [-0.4, -0.2) is 106 Å². The van der Waals surface area contributed by atoms with Gasteiger partial charge in [-0.3, -0.25) is 14.7 Å². The Labute approximate surface area is 279 Å². The van der Waals surface area contributed by atoms with E-state index in [0.29, 0.717) is 32.5 Å². The lowest BCUT2D eigenvalue weighted by Crippen LogP contribution is -2.43. The molecule has 7 rings (SSSR count). The molecule has 0 radical (unpaired) electrons. The van der Waals surface area contributed by atoms with E-state index in [1.54, 1.807) is 22.9 Å². The van der Waals surface area contributed by atoms with Gasteiger partial charge in [0.05, 0.1) is 16.5 Å². The molecule has 1 amide bonds. The lowest BCUT2D eigenvalue weighted by Gasteiger charge is -2.31. The number of ether oxygens (including phenoxy) is 1. The van der Waals surface area contributed by atoms with Crippen LogP contribution < -0.4 is 20.7 Å². The normalized spacial score (nSPS) is 25.7. The fraction of sp³-hybridized carbons (Fsp3) is 0.545. The first kappa shape index (κ1) is 33.3. The predicted molar refractivity (Wildman–Crippen MR) is 172 cm³/mol. The summed E-state index contributed by atoms with van der Waals surface area (Å²) in [5.74, 6) is -1.26. The van der Waals surface area contributed by atoms with E-state index in [1.807, 2.05) is 6.08 Å². The van der Waals surface area contributed by atoms with Gasteiger partial charge in [0, 0.05) is 57.5 Å². The minimum Gasteiger partial charge on any atom is -0.461 e. The highest BCUT2D eigenvalue weighted by Gasteiger charge is 2.49. The van der Waals surface area contributed by atoms with Crippen LogP contribution >= 0.6 is 0 Å². The monoisotopic (exact) mass is 687 g/mol. The van der Waals surface area contributed by atoms with Crippen molar-refractivity contribution in [1.82, 2.24) is 35.1 Å². The molecule has 0 spiro atoms. The number of aromatic nitrogens is 4. The predicted octanol–water partition coefficient (Wildman–Crippen LogP) is 4.05. The molecule has 4 atom stereocenters. The molecule has 0 unspecified atom stereocenters. The van der Waals surface area contributed by atoms with Crippen molar-refractivity contribution < 1.29 is 31.5 Å². The number of nitrogens with zero attached hydrogens (tertiary/aromatic N) is 7. The fourth-order valence-corrected chi connectivity index (χ4v) is 7.61. The molecule has 49 heavy (non-hydrogen) atoms. The van der Waals surface area contributed by atoms with Crippen LogP contribution in [0.4, 0.5) is 33.6 Å². The fourth-order valence-electron chi connectivity index (χ4n) is 7.61. The van der Waals surface area contributed by atoms with Crippen molar-refractivity contribution >= 4 is 28.4 Å². The van der Waals surface area contributed by atoms with Gasteiger partial charge >= 0.3 is 12.2 Å². The first-order valence-electron chi connectivity index (χ1n) is 16.5. The van der Waals surface area contributed by atoms with Gasteiger partial charge in [-0.25, -0.2) is 13.8 Å². The third-order valence-corrected chi connectivity index (χ3v) is 10.3. The van der Waals surface area contributed by atoms with E-state index in [1.165, 1.54) is 13.1 Å². The summed E-state index contributed by atoms with van der Waals surface area (Å²) in [5.41, 5.74) is 2.13. The van der Waals surface area contributed by atoms with E-state index in [9.17, 15) is 22.4 Å². The number of pyridine rings is 2. The molecule has 0 aliphatic carbocycles. The number of halogens is 5. The number of likely N-dealkylation sites (N-methyl/N-ethyl adjacent to an activating group) is 1. The second-order valence-electron chi connectivity index (χ2n) is 13.5. The van der Waals surface area contributed by atoms with Gasteiger partial charge in [-0.2, -0.15) is 23.1 Å². The largest absolute Gasteiger partial charge is 0.461 e. The number of rotatable bonds is 8. The smallest absolute Gasteiger partial charge is 0.418 e. The third-order valence-electron chi connectivity index (χ3n) is 10.3. The maximum absolute atomic E-state index is 16.5. The summed E-state index contributed by atoms with van der Waals surface area (Å²) in [6, 6.07) is 0.828. The number of amides is 1. The van der Waals surface area contributed by atoms with Crippen molar-refractivity contribution in [3.63, 3.8) is 0 Å². The minimum atomic E-state index is -4.87. The van der Waals surface area contributed by atoms with Gasteiger partial charge in [0.15, 0.2) is 5.82 Å². The number of hydrogen-bond acceptors (Lipinski definition) is 10. The van der Waals surface area contributed by atoms with Gasteiger partial charge in [-0.05, 0) is 57.3 Å². The molecule has 0 aromatic carbocycles. The number of aryl methyl sites for hydroxylation is 1. The topological polar surface area (TPSA) is 126 Å². The van der Waals surface area contributed by atoms with Crippen molar-refractivity contribution in [3.8, 4) is 17.4 Å². The minimum absolute atomic E-state index is 0.0593. The average Bonchev–Trinajstić information content (AvgIpc) is 3.72. The number of anilines is 2. The highest BCUT2D eigenvalue weighted by atomic mass is 19.4. The summed E-state index contributed by atoms with van der Waals surface area (Å²) >= 11 is 0. The van der Waals surface area contributed by atoms with Crippen LogP contribution in [0.5, 0.6) is 6.01 Å². The van der Waals surface area contributed by atoms with E-state index in [4.69, 9.17) is 10.5 Å². The molecule has 4 saturated heterocycles.